The first-order valence-corrected chi connectivity index (χ1v) is 9.97. The van der Waals surface area contributed by atoms with Gasteiger partial charge in [0, 0.05) is 49.4 Å². The number of pyridine rings is 1. The highest BCUT2D eigenvalue weighted by Crippen LogP contribution is 2.30. The molecule has 0 aliphatic carbocycles. The van der Waals surface area contributed by atoms with Crippen molar-refractivity contribution in [2.75, 3.05) is 45.2 Å². The van der Waals surface area contributed by atoms with Crippen LogP contribution in [0.4, 0.5) is 5.82 Å². The number of rotatable bonds is 4. The molecule has 0 spiro atoms. The van der Waals surface area contributed by atoms with Gasteiger partial charge in [-0.2, -0.15) is 5.10 Å². The zero-order chi connectivity index (χ0) is 20.5. The fourth-order valence-corrected chi connectivity index (χ4v) is 3.78. The van der Waals surface area contributed by atoms with E-state index in [1.807, 2.05) is 16.9 Å². The molecule has 152 valence electrons. The lowest BCUT2D eigenvalue weighted by Gasteiger charge is -2.33. The van der Waals surface area contributed by atoms with Crippen molar-refractivity contribution < 1.29 is 9.53 Å². The van der Waals surface area contributed by atoms with Gasteiger partial charge in [-0.25, -0.2) is 9.78 Å². The van der Waals surface area contributed by atoms with E-state index in [2.05, 4.69) is 54.0 Å². The molecule has 3 heterocycles. The van der Waals surface area contributed by atoms with Crippen LogP contribution >= 0.6 is 0 Å². The van der Waals surface area contributed by atoms with Crippen molar-refractivity contribution in [2.24, 2.45) is 0 Å². The molecule has 1 fully saturated rings. The maximum absolute atomic E-state index is 12.4. The number of carbonyl (C=O) groups is 1. The van der Waals surface area contributed by atoms with Crippen LogP contribution in [0.2, 0.25) is 0 Å². The Balaban J connectivity index is 1.73. The summed E-state index contributed by atoms with van der Waals surface area (Å²) in [6.45, 7) is 8.19. The molecule has 1 aliphatic rings. The molecule has 29 heavy (non-hydrogen) atoms. The number of hydrogen-bond donors (Lipinski definition) is 0. The quantitative estimate of drug-likeness (QED) is 0.634. The Labute approximate surface area is 170 Å². The summed E-state index contributed by atoms with van der Waals surface area (Å²) in [7, 11) is 3.55. The highest BCUT2D eigenvalue weighted by Gasteiger charge is 2.19. The van der Waals surface area contributed by atoms with Crippen molar-refractivity contribution in [1.82, 2.24) is 19.7 Å². The number of hydrogen-bond acceptors (Lipinski definition) is 6. The van der Waals surface area contributed by atoms with Crippen LogP contribution in [0, 0.1) is 0 Å². The topological polar surface area (TPSA) is 63.5 Å². The van der Waals surface area contributed by atoms with Crippen LogP contribution in [0.15, 0.2) is 36.7 Å². The van der Waals surface area contributed by atoms with E-state index < -0.39 is 0 Å². The van der Waals surface area contributed by atoms with Crippen LogP contribution in [-0.2, 0) is 4.74 Å². The molecular formula is C22H27N5O2. The molecule has 1 aromatic carbocycles. The monoisotopic (exact) mass is 393 g/mol. The van der Waals surface area contributed by atoms with Crippen LogP contribution in [-0.4, -0.2) is 66.0 Å². The molecule has 0 unspecified atom stereocenters. The molecule has 1 saturated heterocycles. The Morgan fingerprint density at radius 1 is 1.07 bits per heavy atom. The summed E-state index contributed by atoms with van der Waals surface area (Å²) >= 11 is 0. The lowest BCUT2D eigenvalue weighted by Crippen LogP contribution is -2.44. The summed E-state index contributed by atoms with van der Waals surface area (Å²) in [6.07, 6.45) is 3.62. The highest BCUT2D eigenvalue weighted by molar-refractivity contribution is 6.05. The number of carbonyl (C=O) groups excluding carboxylic acids is 1. The third kappa shape index (κ3) is 3.70. The molecule has 0 radical (unpaired) electrons. The van der Waals surface area contributed by atoms with E-state index in [0.717, 1.165) is 54.0 Å². The fraction of sp³-hybridized carbons (Fsp3) is 0.409. The molecule has 0 saturated carbocycles. The van der Waals surface area contributed by atoms with Crippen LogP contribution in [0.25, 0.3) is 22.0 Å². The van der Waals surface area contributed by atoms with Gasteiger partial charge in [0.15, 0.2) is 0 Å². The smallest absolute Gasteiger partial charge is 0.338 e. The van der Waals surface area contributed by atoms with Gasteiger partial charge in [-0.1, -0.05) is 0 Å². The molecule has 0 bridgehead atoms. The Morgan fingerprint density at radius 2 is 1.83 bits per heavy atom. The fourth-order valence-electron chi connectivity index (χ4n) is 3.78. The standard InChI is InChI=1S/C22H27N5O2/c1-15(2)27-20-12-17(11-18(22(28)29-4)19(20)14-24-27)16-5-6-21(23-13-16)26-9-7-25(3)8-10-26/h5-6,11-15H,7-10H2,1-4H3. The number of esters is 1. The van der Waals surface area contributed by atoms with Crippen LogP contribution < -0.4 is 4.90 Å². The van der Waals surface area contributed by atoms with E-state index >= 15 is 0 Å². The van der Waals surface area contributed by atoms with Gasteiger partial charge in [0.25, 0.3) is 0 Å². The summed E-state index contributed by atoms with van der Waals surface area (Å²) in [6, 6.07) is 8.25. The van der Waals surface area contributed by atoms with Crippen molar-refractivity contribution in [3.8, 4) is 11.1 Å². The van der Waals surface area contributed by atoms with Crippen molar-refractivity contribution in [3.05, 3.63) is 42.2 Å². The maximum atomic E-state index is 12.4. The van der Waals surface area contributed by atoms with E-state index in [1.54, 1.807) is 6.20 Å². The molecule has 2 aromatic heterocycles. The first-order valence-electron chi connectivity index (χ1n) is 9.97. The Bertz CT molecular complexity index is 1020. The molecule has 4 rings (SSSR count). The van der Waals surface area contributed by atoms with Gasteiger partial charge < -0.3 is 14.5 Å². The molecule has 0 N–H and O–H groups in total. The third-order valence-corrected chi connectivity index (χ3v) is 5.52. The van der Waals surface area contributed by atoms with Gasteiger partial charge in [-0.15, -0.1) is 0 Å². The van der Waals surface area contributed by atoms with Crippen LogP contribution in [0.5, 0.6) is 0 Å². The second-order valence-corrected chi connectivity index (χ2v) is 7.83. The number of ether oxygens (including phenoxy) is 1. The predicted molar refractivity (Wildman–Crippen MR) is 114 cm³/mol. The van der Waals surface area contributed by atoms with Gasteiger partial charge in [0.1, 0.15) is 5.82 Å². The number of fused-ring (bicyclic) bond motifs is 1. The average Bonchev–Trinajstić information content (AvgIpc) is 3.17. The van der Waals surface area contributed by atoms with Gasteiger partial charge >= 0.3 is 5.97 Å². The number of nitrogens with zero attached hydrogens (tertiary/aromatic N) is 5. The largest absolute Gasteiger partial charge is 0.465 e. The van der Waals surface area contributed by atoms with E-state index in [9.17, 15) is 4.79 Å². The summed E-state index contributed by atoms with van der Waals surface area (Å²) < 4.78 is 6.94. The van der Waals surface area contributed by atoms with Crippen molar-refractivity contribution in [2.45, 2.75) is 19.9 Å². The number of piperazine rings is 1. The number of methoxy groups -OCH3 is 1. The van der Waals surface area contributed by atoms with Gasteiger partial charge in [-0.05, 0) is 50.7 Å². The van der Waals surface area contributed by atoms with Gasteiger partial charge in [0.2, 0.25) is 0 Å². The van der Waals surface area contributed by atoms with Crippen LogP contribution in [0.3, 0.4) is 0 Å². The molecule has 0 atom stereocenters. The minimum absolute atomic E-state index is 0.186. The first-order chi connectivity index (χ1) is 14.0. The highest BCUT2D eigenvalue weighted by atomic mass is 16.5. The van der Waals surface area contributed by atoms with Crippen molar-refractivity contribution >= 4 is 22.7 Å². The normalized spacial score (nSPS) is 15.3. The van der Waals surface area contributed by atoms with Crippen LogP contribution in [0.1, 0.15) is 30.2 Å². The van der Waals surface area contributed by atoms with Gasteiger partial charge in [-0.3, -0.25) is 4.68 Å². The Morgan fingerprint density at radius 3 is 2.45 bits per heavy atom. The van der Waals surface area contributed by atoms with Gasteiger partial charge in [0.05, 0.1) is 24.4 Å². The summed E-state index contributed by atoms with van der Waals surface area (Å²) in [5.41, 5.74) is 3.33. The minimum Gasteiger partial charge on any atom is -0.465 e. The second-order valence-electron chi connectivity index (χ2n) is 7.83. The Kier molecular flexibility index (Phi) is 5.24. The summed E-state index contributed by atoms with van der Waals surface area (Å²) in [5, 5.41) is 5.27. The molecule has 3 aromatic rings. The summed E-state index contributed by atoms with van der Waals surface area (Å²) in [5.74, 6) is 0.630. The average molecular weight is 393 g/mol. The number of aromatic nitrogens is 3. The minimum atomic E-state index is -0.359. The predicted octanol–water partition coefficient (Wildman–Crippen LogP) is 3.22. The zero-order valence-corrected chi connectivity index (χ0v) is 17.4. The van der Waals surface area contributed by atoms with E-state index in [-0.39, 0.29) is 12.0 Å². The molecular weight excluding hydrogens is 366 g/mol. The van der Waals surface area contributed by atoms with Crippen molar-refractivity contribution in [3.63, 3.8) is 0 Å². The lowest BCUT2D eigenvalue weighted by molar-refractivity contribution is 0.0603. The molecule has 7 nitrogen and oxygen atoms in total. The third-order valence-electron chi connectivity index (χ3n) is 5.52. The Hall–Kier alpha value is -2.93. The number of anilines is 1. The maximum Gasteiger partial charge on any atom is 0.338 e. The second kappa shape index (κ2) is 7.83. The molecule has 1 aliphatic heterocycles. The van der Waals surface area contributed by atoms with E-state index in [4.69, 9.17) is 9.72 Å². The lowest BCUT2D eigenvalue weighted by atomic mass is 10.0. The molecule has 0 amide bonds. The number of benzene rings is 1. The molecule has 7 heteroatoms. The first kappa shape index (κ1) is 19.4. The van der Waals surface area contributed by atoms with Crippen molar-refractivity contribution in [1.29, 1.82) is 0 Å². The zero-order valence-electron chi connectivity index (χ0n) is 17.4. The number of likely N-dealkylation sites (N-methyl/N-ethyl adjacent to an activating group) is 1. The van der Waals surface area contributed by atoms with E-state index in [0.29, 0.717) is 5.56 Å². The summed E-state index contributed by atoms with van der Waals surface area (Å²) in [4.78, 5) is 21.7. The SMILES string of the molecule is COC(=O)c1cc(-c2ccc(N3CCN(C)CC3)nc2)cc2c1cnn2C(C)C. The van der Waals surface area contributed by atoms with E-state index in [1.165, 1.54) is 7.11 Å².